The van der Waals surface area contributed by atoms with Crippen molar-refractivity contribution in [3.05, 3.63) is 58.9 Å². The first-order chi connectivity index (χ1) is 10.1. The Balaban J connectivity index is 2.30. The highest BCUT2D eigenvalue weighted by molar-refractivity contribution is 6.05. The molecule has 0 atom stereocenters. The van der Waals surface area contributed by atoms with Gasteiger partial charge in [-0.25, -0.2) is 0 Å². The van der Waals surface area contributed by atoms with Crippen molar-refractivity contribution in [3.8, 4) is 11.8 Å². The van der Waals surface area contributed by atoms with Gasteiger partial charge < -0.3 is 10.4 Å². The molecule has 4 nitrogen and oxygen atoms in total. The van der Waals surface area contributed by atoms with Crippen molar-refractivity contribution in [1.82, 2.24) is 4.98 Å². The molecule has 2 N–H and O–H groups in total. The van der Waals surface area contributed by atoms with E-state index in [9.17, 15) is 4.79 Å². The fourth-order valence-electron chi connectivity index (χ4n) is 1.96. The first-order valence-corrected chi connectivity index (χ1v) is 6.56. The van der Waals surface area contributed by atoms with E-state index >= 15 is 0 Å². The predicted octanol–water partition coefficient (Wildman–Crippen LogP) is 2.29. The molecule has 1 aromatic heterocycles. The van der Waals surface area contributed by atoms with Gasteiger partial charge in [0, 0.05) is 17.3 Å². The van der Waals surface area contributed by atoms with Gasteiger partial charge in [0.05, 0.1) is 11.4 Å². The molecule has 0 fully saturated rings. The molecule has 0 saturated carbocycles. The monoisotopic (exact) mass is 280 g/mol. The lowest BCUT2D eigenvalue weighted by atomic mass is 10.0. The van der Waals surface area contributed by atoms with Crippen LogP contribution in [0.25, 0.3) is 0 Å². The van der Waals surface area contributed by atoms with Crippen LogP contribution in [0.1, 0.15) is 27.2 Å². The van der Waals surface area contributed by atoms with Crippen LogP contribution in [-0.4, -0.2) is 22.6 Å². The number of hydrogen-bond donors (Lipinski definition) is 2. The number of amides is 1. The maximum atomic E-state index is 12.4. The van der Waals surface area contributed by atoms with Crippen molar-refractivity contribution in [2.24, 2.45) is 0 Å². The molecular formula is C17H16N2O2. The minimum atomic E-state index is -0.204. The number of aromatic nitrogens is 1. The smallest absolute Gasteiger partial charge is 0.256 e. The fraction of sp³-hybridized carbons (Fsp3) is 0.176. The Morgan fingerprint density at radius 1 is 1.29 bits per heavy atom. The van der Waals surface area contributed by atoms with Gasteiger partial charge in [0.25, 0.3) is 5.91 Å². The zero-order valence-electron chi connectivity index (χ0n) is 12.0. The zero-order chi connectivity index (χ0) is 15.2. The number of carbonyl (C=O) groups excluding carboxylic acids is 1. The van der Waals surface area contributed by atoms with Gasteiger partial charge in [-0.2, -0.15) is 0 Å². The molecule has 0 bridgehead atoms. The number of hydrogen-bond acceptors (Lipinski definition) is 3. The highest BCUT2D eigenvalue weighted by Gasteiger charge is 2.12. The molecule has 2 rings (SSSR count). The molecule has 4 heteroatoms. The molecule has 0 unspecified atom stereocenters. The Morgan fingerprint density at radius 2 is 2.10 bits per heavy atom. The molecule has 0 radical (unpaired) electrons. The van der Waals surface area contributed by atoms with E-state index in [-0.39, 0.29) is 12.5 Å². The Hall–Kier alpha value is -2.64. The second-order valence-corrected chi connectivity index (χ2v) is 4.53. The maximum Gasteiger partial charge on any atom is 0.256 e. The number of aryl methyl sites for hydroxylation is 1. The number of benzene rings is 1. The molecule has 1 aromatic carbocycles. The van der Waals surface area contributed by atoms with Gasteiger partial charge >= 0.3 is 0 Å². The average Bonchev–Trinajstić information content (AvgIpc) is 2.48. The number of anilines is 1. The SMILES string of the molecule is Cc1ncccc1NC(=O)c1cccc(C#CCO)c1C. The second-order valence-electron chi connectivity index (χ2n) is 4.53. The summed E-state index contributed by atoms with van der Waals surface area (Å²) < 4.78 is 0. The summed E-state index contributed by atoms with van der Waals surface area (Å²) in [6.45, 7) is 3.47. The number of rotatable bonds is 2. The summed E-state index contributed by atoms with van der Waals surface area (Å²) in [5.41, 5.74) is 3.54. The first kappa shape index (κ1) is 14.8. The van der Waals surface area contributed by atoms with Crippen molar-refractivity contribution in [1.29, 1.82) is 0 Å². The average molecular weight is 280 g/mol. The summed E-state index contributed by atoms with van der Waals surface area (Å²) in [5.74, 6) is 5.24. The molecule has 0 saturated heterocycles. The summed E-state index contributed by atoms with van der Waals surface area (Å²) in [5, 5.41) is 11.6. The van der Waals surface area contributed by atoms with Crippen molar-refractivity contribution in [2.45, 2.75) is 13.8 Å². The van der Waals surface area contributed by atoms with E-state index in [0.717, 1.165) is 16.8 Å². The van der Waals surface area contributed by atoms with Crippen LogP contribution < -0.4 is 5.32 Å². The van der Waals surface area contributed by atoms with Crippen LogP contribution in [0.2, 0.25) is 0 Å². The minimum absolute atomic E-state index is 0.198. The van der Waals surface area contributed by atoms with Crippen LogP contribution in [-0.2, 0) is 0 Å². The number of nitrogens with one attached hydrogen (secondary N) is 1. The van der Waals surface area contributed by atoms with Crippen LogP contribution in [0, 0.1) is 25.7 Å². The van der Waals surface area contributed by atoms with Crippen molar-refractivity contribution >= 4 is 11.6 Å². The summed E-state index contributed by atoms with van der Waals surface area (Å²) >= 11 is 0. The number of aliphatic hydroxyl groups is 1. The van der Waals surface area contributed by atoms with Crippen molar-refractivity contribution in [3.63, 3.8) is 0 Å². The van der Waals surface area contributed by atoms with E-state index in [0.29, 0.717) is 11.3 Å². The van der Waals surface area contributed by atoms with E-state index in [4.69, 9.17) is 5.11 Å². The van der Waals surface area contributed by atoms with E-state index < -0.39 is 0 Å². The molecule has 1 amide bonds. The normalized spacial score (nSPS) is 9.67. The summed E-state index contributed by atoms with van der Waals surface area (Å²) in [7, 11) is 0. The first-order valence-electron chi connectivity index (χ1n) is 6.56. The number of pyridine rings is 1. The van der Waals surface area contributed by atoms with Crippen LogP contribution in [0.5, 0.6) is 0 Å². The van der Waals surface area contributed by atoms with Crippen molar-refractivity contribution in [2.75, 3.05) is 11.9 Å². The molecule has 0 aliphatic heterocycles. The lowest BCUT2D eigenvalue weighted by Crippen LogP contribution is -2.15. The number of nitrogens with zero attached hydrogens (tertiary/aromatic N) is 1. The lowest BCUT2D eigenvalue weighted by Gasteiger charge is -2.10. The Labute approximate surface area is 123 Å². The number of carbonyl (C=O) groups is 1. The van der Waals surface area contributed by atoms with Crippen LogP contribution in [0.4, 0.5) is 5.69 Å². The number of aliphatic hydroxyl groups excluding tert-OH is 1. The lowest BCUT2D eigenvalue weighted by molar-refractivity contribution is 0.102. The molecule has 21 heavy (non-hydrogen) atoms. The molecule has 2 aromatic rings. The highest BCUT2D eigenvalue weighted by atomic mass is 16.2. The second kappa shape index (κ2) is 6.69. The van der Waals surface area contributed by atoms with E-state index in [1.54, 1.807) is 24.4 Å². The van der Waals surface area contributed by atoms with Gasteiger partial charge in [-0.1, -0.05) is 17.9 Å². The fourth-order valence-corrected chi connectivity index (χ4v) is 1.96. The largest absolute Gasteiger partial charge is 0.384 e. The third kappa shape index (κ3) is 3.47. The zero-order valence-corrected chi connectivity index (χ0v) is 12.0. The minimum Gasteiger partial charge on any atom is -0.384 e. The third-order valence-corrected chi connectivity index (χ3v) is 3.14. The molecule has 1 heterocycles. The van der Waals surface area contributed by atoms with Gasteiger partial charge in [0.1, 0.15) is 6.61 Å². The van der Waals surface area contributed by atoms with Gasteiger partial charge in [0.15, 0.2) is 0 Å². The Kier molecular flexibility index (Phi) is 4.70. The van der Waals surface area contributed by atoms with Crippen LogP contribution in [0.3, 0.4) is 0 Å². The molecule has 0 aliphatic rings. The standard InChI is InChI=1S/C17H16N2O2/c1-12-14(7-5-11-20)6-3-8-15(12)17(21)19-16-9-4-10-18-13(16)2/h3-4,6,8-10,20H,11H2,1-2H3,(H,19,21). The Morgan fingerprint density at radius 3 is 2.81 bits per heavy atom. The maximum absolute atomic E-state index is 12.4. The van der Waals surface area contributed by atoms with Crippen LogP contribution in [0.15, 0.2) is 36.5 Å². The van der Waals surface area contributed by atoms with Gasteiger partial charge in [-0.15, -0.1) is 0 Å². The molecule has 106 valence electrons. The van der Waals surface area contributed by atoms with Gasteiger partial charge in [-0.3, -0.25) is 9.78 Å². The summed E-state index contributed by atoms with van der Waals surface area (Å²) in [6.07, 6.45) is 1.68. The van der Waals surface area contributed by atoms with Crippen molar-refractivity contribution < 1.29 is 9.90 Å². The van der Waals surface area contributed by atoms with Gasteiger partial charge in [0.2, 0.25) is 0 Å². The molecule has 0 aliphatic carbocycles. The third-order valence-electron chi connectivity index (χ3n) is 3.14. The van der Waals surface area contributed by atoms with E-state index in [1.807, 2.05) is 26.0 Å². The summed E-state index contributed by atoms with van der Waals surface area (Å²) in [6, 6.07) is 8.94. The molecule has 0 spiro atoms. The Bertz CT molecular complexity index is 727. The van der Waals surface area contributed by atoms with Crippen LogP contribution >= 0.6 is 0 Å². The van der Waals surface area contributed by atoms with E-state index in [1.165, 1.54) is 0 Å². The van der Waals surface area contributed by atoms with Gasteiger partial charge in [-0.05, 0) is 43.7 Å². The topological polar surface area (TPSA) is 62.2 Å². The predicted molar refractivity (Wildman–Crippen MR) is 82.1 cm³/mol. The quantitative estimate of drug-likeness (QED) is 0.830. The highest BCUT2D eigenvalue weighted by Crippen LogP contribution is 2.17. The summed E-state index contributed by atoms with van der Waals surface area (Å²) in [4.78, 5) is 16.5. The van der Waals surface area contributed by atoms with E-state index in [2.05, 4.69) is 22.1 Å². The molecular weight excluding hydrogens is 264 g/mol.